The zero-order valence-corrected chi connectivity index (χ0v) is 22.8. The Hall–Kier alpha value is -3.20. The molecule has 0 saturated heterocycles. The molecular formula is C29H32ClN3O4S. The van der Waals surface area contributed by atoms with Gasteiger partial charge in [-0.3, -0.25) is 9.59 Å². The molecular weight excluding hydrogens is 522 g/mol. The topological polar surface area (TPSA) is 95.6 Å². The van der Waals surface area contributed by atoms with Crippen molar-refractivity contribution in [1.29, 1.82) is 0 Å². The Morgan fingerprint density at radius 2 is 1.55 bits per heavy atom. The zero-order chi connectivity index (χ0) is 27.1. The fourth-order valence-corrected chi connectivity index (χ4v) is 5.45. The molecule has 2 N–H and O–H groups in total. The van der Waals surface area contributed by atoms with Gasteiger partial charge in [0.05, 0.1) is 4.90 Å². The normalized spacial score (nSPS) is 14.1. The summed E-state index contributed by atoms with van der Waals surface area (Å²) in [6, 6.07) is 22.7. The summed E-state index contributed by atoms with van der Waals surface area (Å²) in [7, 11) is -3.52. The monoisotopic (exact) mass is 553 g/mol. The lowest BCUT2D eigenvalue weighted by atomic mass is 10.1. The van der Waals surface area contributed by atoms with Crippen LogP contribution in [0.1, 0.15) is 42.9 Å². The second kappa shape index (κ2) is 12.6. The van der Waals surface area contributed by atoms with E-state index < -0.39 is 16.1 Å². The van der Waals surface area contributed by atoms with E-state index in [1.807, 2.05) is 42.5 Å². The van der Waals surface area contributed by atoms with E-state index in [1.54, 1.807) is 48.2 Å². The number of hydrogen-bond acceptors (Lipinski definition) is 4. The highest BCUT2D eigenvalue weighted by Crippen LogP contribution is 2.22. The largest absolute Gasteiger partial charge is 0.350 e. The number of nitrogens with one attached hydrogen (secondary N) is 2. The van der Waals surface area contributed by atoms with Gasteiger partial charge in [-0.15, -0.1) is 0 Å². The van der Waals surface area contributed by atoms with Crippen LogP contribution in [0.15, 0.2) is 83.8 Å². The van der Waals surface area contributed by atoms with Crippen molar-refractivity contribution in [3.8, 4) is 0 Å². The van der Waals surface area contributed by atoms with E-state index in [-0.39, 0.29) is 35.7 Å². The fourth-order valence-electron chi connectivity index (χ4n) is 4.02. The van der Waals surface area contributed by atoms with Crippen LogP contribution < -0.4 is 10.0 Å². The van der Waals surface area contributed by atoms with Gasteiger partial charge in [0.15, 0.2) is 0 Å². The molecule has 38 heavy (non-hydrogen) atoms. The predicted molar refractivity (Wildman–Crippen MR) is 148 cm³/mol. The molecule has 1 aliphatic carbocycles. The molecule has 3 aromatic carbocycles. The molecule has 0 spiro atoms. The quantitative estimate of drug-likeness (QED) is 0.346. The molecule has 0 radical (unpaired) electrons. The zero-order valence-electron chi connectivity index (χ0n) is 21.3. The summed E-state index contributed by atoms with van der Waals surface area (Å²) in [6.07, 6.45) is 2.34. The number of sulfonamides is 1. The summed E-state index contributed by atoms with van der Waals surface area (Å²) in [5.74, 6) is -0.414. The number of hydrogen-bond donors (Lipinski definition) is 2. The predicted octanol–water partition coefficient (Wildman–Crippen LogP) is 4.45. The molecule has 2 amide bonds. The first kappa shape index (κ1) is 27.8. The average Bonchev–Trinajstić information content (AvgIpc) is 3.74. The van der Waals surface area contributed by atoms with Crippen LogP contribution in [0.5, 0.6) is 0 Å². The molecule has 9 heteroatoms. The minimum absolute atomic E-state index is 0.0378. The lowest BCUT2D eigenvalue weighted by Crippen LogP contribution is -2.47. The van der Waals surface area contributed by atoms with Crippen LogP contribution in [0.25, 0.3) is 0 Å². The number of amides is 2. The summed E-state index contributed by atoms with van der Waals surface area (Å²) in [6.45, 7) is 2.36. The number of benzene rings is 3. The van der Waals surface area contributed by atoms with Gasteiger partial charge in [-0.2, -0.15) is 0 Å². The van der Waals surface area contributed by atoms with Crippen molar-refractivity contribution in [2.24, 2.45) is 0 Å². The number of aryl methyl sites for hydroxylation is 1. The van der Waals surface area contributed by atoms with E-state index in [0.29, 0.717) is 18.0 Å². The first-order valence-corrected chi connectivity index (χ1v) is 14.5. The maximum atomic E-state index is 13.4. The van der Waals surface area contributed by atoms with Crippen LogP contribution in [0.2, 0.25) is 5.02 Å². The number of carbonyl (C=O) groups is 2. The highest BCUT2D eigenvalue weighted by molar-refractivity contribution is 7.89. The van der Waals surface area contributed by atoms with Crippen molar-refractivity contribution in [2.75, 3.05) is 0 Å². The molecule has 0 aliphatic heterocycles. The van der Waals surface area contributed by atoms with Gasteiger partial charge < -0.3 is 10.2 Å². The van der Waals surface area contributed by atoms with Gasteiger partial charge in [-0.25, -0.2) is 13.1 Å². The van der Waals surface area contributed by atoms with Crippen LogP contribution >= 0.6 is 11.6 Å². The Balaban J connectivity index is 1.41. The minimum Gasteiger partial charge on any atom is -0.350 e. The van der Waals surface area contributed by atoms with E-state index >= 15 is 0 Å². The molecule has 1 fully saturated rings. The molecule has 1 aliphatic rings. The van der Waals surface area contributed by atoms with Gasteiger partial charge in [0.25, 0.3) is 0 Å². The third kappa shape index (κ3) is 7.90. The van der Waals surface area contributed by atoms with E-state index in [0.717, 1.165) is 29.5 Å². The molecule has 200 valence electrons. The second-order valence-electron chi connectivity index (χ2n) is 9.57. The van der Waals surface area contributed by atoms with Crippen molar-refractivity contribution in [2.45, 2.75) is 62.7 Å². The number of rotatable bonds is 12. The SMILES string of the molecule is CC(C(=O)NCc1ccccc1)N(Cc1ccc(Cl)cc1)C(=O)CCc1ccc(S(=O)(=O)NC2CC2)cc1. The summed E-state index contributed by atoms with van der Waals surface area (Å²) in [5, 5.41) is 3.52. The molecule has 1 atom stereocenters. The molecule has 3 aromatic rings. The number of carbonyl (C=O) groups excluding carboxylic acids is 2. The molecule has 0 heterocycles. The lowest BCUT2D eigenvalue weighted by Gasteiger charge is -2.29. The summed E-state index contributed by atoms with van der Waals surface area (Å²) < 4.78 is 27.5. The van der Waals surface area contributed by atoms with Crippen LogP contribution in [-0.4, -0.2) is 37.2 Å². The van der Waals surface area contributed by atoms with E-state index in [1.165, 1.54) is 0 Å². The highest BCUT2D eigenvalue weighted by Gasteiger charge is 2.28. The Bertz CT molecular complexity index is 1340. The van der Waals surface area contributed by atoms with Gasteiger partial charge in [0.1, 0.15) is 6.04 Å². The standard InChI is InChI=1S/C29H32ClN3O4S/c1-21(29(35)31-19-23-5-3-2-4-6-23)33(20-24-7-12-25(30)13-8-24)28(34)18-11-22-9-16-27(17-10-22)38(36,37)32-26-14-15-26/h2-10,12-13,16-17,21,26,32H,11,14-15,18-20H2,1H3,(H,31,35). The minimum atomic E-state index is -3.52. The Morgan fingerprint density at radius 3 is 2.18 bits per heavy atom. The van der Waals surface area contributed by atoms with Gasteiger partial charge in [-0.1, -0.05) is 66.2 Å². The summed E-state index contributed by atoms with van der Waals surface area (Å²) in [5.41, 5.74) is 2.68. The third-order valence-corrected chi connectivity index (χ3v) is 8.29. The molecule has 0 bridgehead atoms. The van der Waals surface area contributed by atoms with Gasteiger partial charge in [0.2, 0.25) is 21.8 Å². The van der Waals surface area contributed by atoms with Gasteiger partial charge >= 0.3 is 0 Å². The number of nitrogens with zero attached hydrogens (tertiary/aromatic N) is 1. The molecule has 7 nitrogen and oxygen atoms in total. The highest BCUT2D eigenvalue weighted by atomic mass is 35.5. The first-order valence-electron chi connectivity index (χ1n) is 12.7. The third-order valence-electron chi connectivity index (χ3n) is 6.50. The van der Waals surface area contributed by atoms with E-state index in [4.69, 9.17) is 11.6 Å². The van der Waals surface area contributed by atoms with Gasteiger partial charge in [0, 0.05) is 30.6 Å². The van der Waals surface area contributed by atoms with Crippen molar-refractivity contribution >= 4 is 33.4 Å². The van der Waals surface area contributed by atoms with Crippen molar-refractivity contribution in [3.63, 3.8) is 0 Å². The molecule has 4 rings (SSSR count). The molecule has 0 aromatic heterocycles. The van der Waals surface area contributed by atoms with E-state index in [9.17, 15) is 18.0 Å². The summed E-state index contributed by atoms with van der Waals surface area (Å²) in [4.78, 5) is 28.2. The van der Waals surface area contributed by atoms with Crippen LogP contribution in [0, 0.1) is 0 Å². The van der Waals surface area contributed by atoms with E-state index in [2.05, 4.69) is 10.0 Å². The maximum Gasteiger partial charge on any atom is 0.242 e. The number of halogens is 1. The smallest absolute Gasteiger partial charge is 0.242 e. The fraction of sp³-hybridized carbons (Fsp3) is 0.310. The Morgan fingerprint density at radius 1 is 0.921 bits per heavy atom. The van der Waals surface area contributed by atoms with Crippen molar-refractivity contribution in [3.05, 3.63) is 101 Å². The Kier molecular flexibility index (Phi) is 9.20. The molecule has 1 unspecified atom stereocenters. The summed E-state index contributed by atoms with van der Waals surface area (Å²) >= 11 is 6.02. The Labute approximate surface area is 229 Å². The lowest BCUT2D eigenvalue weighted by molar-refractivity contribution is -0.140. The second-order valence-corrected chi connectivity index (χ2v) is 11.7. The molecule has 1 saturated carbocycles. The first-order chi connectivity index (χ1) is 18.2. The van der Waals surface area contributed by atoms with Crippen molar-refractivity contribution in [1.82, 2.24) is 14.9 Å². The van der Waals surface area contributed by atoms with Crippen LogP contribution in [0.4, 0.5) is 0 Å². The van der Waals surface area contributed by atoms with Gasteiger partial charge in [-0.05, 0) is 67.1 Å². The maximum absolute atomic E-state index is 13.4. The van der Waals surface area contributed by atoms with Crippen LogP contribution in [0.3, 0.4) is 0 Å². The average molecular weight is 554 g/mol. The van der Waals surface area contributed by atoms with Crippen LogP contribution in [-0.2, 0) is 39.1 Å². The van der Waals surface area contributed by atoms with Crippen molar-refractivity contribution < 1.29 is 18.0 Å².